The first-order valence-electron chi connectivity index (χ1n) is 10.3. The summed E-state index contributed by atoms with van der Waals surface area (Å²) in [4.78, 5) is 8.71. The molecular formula is C25H19F5N2O. The van der Waals surface area contributed by atoms with Gasteiger partial charge in [0.15, 0.2) is 17.4 Å². The lowest BCUT2D eigenvalue weighted by atomic mass is 9.99. The van der Waals surface area contributed by atoms with Gasteiger partial charge >= 0.3 is 6.36 Å². The zero-order valence-corrected chi connectivity index (χ0v) is 17.6. The highest BCUT2D eigenvalue weighted by Crippen LogP contribution is 2.28. The topological polar surface area (TPSA) is 35.0 Å². The molecule has 8 heteroatoms. The van der Waals surface area contributed by atoms with Crippen LogP contribution in [-0.4, -0.2) is 16.3 Å². The van der Waals surface area contributed by atoms with Crippen molar-refractivity contribution in [1.29, 1.82) is 0 Å². The molecule has 33 heavy (non-hydrogen) atoms. The summed E-state index contributed by atoms with van der Waals surface area (Å²) in [6.45, 7) is 2.02. The number of hydrogen-bond donors (Lipinski definition) is 0. The van der Waals surface area contributed by atoms with E-state index in [4.69, 9.17) is 0 Å². The fraction of sp³-hybridized carbons (Fsp3) is 0.200. The number of aryl methyl sites for hydroxylation is 3. The maximum Gasteiger partial charge on any atom is 0.573 e. The minimum absolute atomic E-state index is 0.251. The molecule has 4 aromatic rings. The van der Waals surface area contributed by atoms with E-state index in [2.05, 4.69) is 14.7 Å². The summed E-state index contributed by atoms with van der Waals surface area (Å²) in [6, 6.07) is 11.9. The van der Waals surface area contributed by atoms with Crippen LogP contribution in [0.25, 0.3) is 22.2 Å². The Kier molecular flexibility index (Phi) is 6.26. The number of aromatic nitrogens is 2. The summed E-state index contributed by atoms with van der Waals surface area (Å²) >= 11 is 0. The SMILES string of the molecule is CCc1cnc(-c2ccc3c(F)c(CCc4ccc(OC(F)(F)F)c(F)c4)ccc3c2)nc1. The van der Waals surface area contributed by atoms with E-state index in [0.717, 1.165) is 29.7 Å². The average Bonchev–Trinajstić information content (AvgIpc) is 2.79. The van der Waals surface area contributed by atoms with Crippen LogP contribution in [0.4, 0.5) is 22.0 Å². The molecule has 0 bridgehead atoms. The fourth-order valence-electron chi connectivity index (χ4n) is 3.54. The molecule has 0 radical (unpaired) electrons. The molecule has 3 aromatic carbocycles. The molecule has 0 atom stereocenters. The van der Waals surface area contributed by atoms with E-state index in [1.807, 2.05) is 13.0 Å². The first kappa shape index (κ1) is 22.6. The summed E-state index contributed by atoms with van der Waals surface area (Å²) in [5.41, 5.74) is 2.66. The second-order valence-electron chi connectivity index (χ2n) is 7.56. The first-order valence-corrected chi connectivity index (χ1v) is 10.3. The van der Waals surface area contributed by atoms with Crippen LogP contribution in [0, 0.1) is 11.6 Å². The Labute approximate surface area is 186 Å². The molecule has 1 aromatic heterocycles. The van der Waals surface area contributed by atoms with Gasteiger partial charge in [-0.2, -0.15) is 0 Å². The summed E-state index contributed by atoms with van der Waals surface area (Å²) in [6.07, 6.45) is -0.0985. The number of halogens is 5. The van der Waals surface area contributed by atoms with Crippen molar-refractivity contribution < 1.29 is 26.7 Å². The van der Waals surface area contributed by atoms with Gasteiger partial charge in [-0.15, -0.1) is 13.2 Å². The average molecular weight is 458 g/mol. The summed E-state index contributed by atoms with van der Waals surface area (Å²) < 4.78 is 69.4. The third kappa shape index (κ3) is 5.27. The van der Waals surface area contributed by atoms with Crippen molar-refractivity contribution in [3.8, 4) is 17.1 Å². The number of benzene rings is 3. The second kappa shape index (κ2) is 9.13. The lowest BCUT2D eigenvalue weighted by Gasteiger charge is -2.11. The van der Waals surface area contributed by atoms with Crippen LogP contribution in [-0.2, 0) is 19.3 Å². The predicted octanol–water partition coefficient (Wildman–Crippen LogP) is 6.82. The van der Waals surface area contributed by atoms with Crippen molar-refractivity contribution in [2.75, 3.05) is 0 Å². The number of fused-ring (bicyclic) bond motifs is 1. The quantitative estimate of drug-likeness (QED) is 0.297. The lowest BCUT2D eigenvalue weighted by molar-refractivity contribution is -0.275. The maximum absolute atomic E-state index is 15.1. The van der Waals surface area contributed by atoms with Crippen LogP contribution >= 0.6 is 0 Å². The maximum atomic E-state index is 15.1. The predicted molar refractivity (Wildman–Crippen MR) is 115 cm³/mol. The molecule has 0 amide bonds. The molecule has 1 heterocycles. The smallest absolute Gasteiger partial charge is 0.403 e. The van der Waals surface area contributed by atoms with E-state index in [-0.39, 0.29) is 12.8 Å². The Hall–Kier alpha value is -3.55. The highest BCUT2D eigenvalue weighted by molar-refractivity contribution is 5.87. The number of alkyl halides is 3. The first-order chi connectivity index (χ1) is 15.7. The molecule has 0 aliphatic heterocycles. The Morgan fingerprint density at radius 1 is 0.848 bits per heavy atom. The van der Waals surface area contributed by atoms with Crippen LogP contribution in [0.3, 0.4) is 0 Å². The molecule has 4 rings (SSSR count). The molecule has 3 nitrogen and oxygen atoms in total. The van der Waals surface area contributed by atoms with E-state index in [9.17, 15) is 17.6 Å². The molecule has 0 spiro atoms. The zero-order valence-electron chi connectivity index (χ0n) is 17.6. The third-order valence-electron chi connectivity index (χ3n) is 5.31. The van der Waals surface area contributed by atoms with Crippen LogP contribution in [0.2, 0.25) is 0 Å². The van der Waals surface area contributed by atoms with Gasteiger partial charge in [0.05, 0.1) is 0 Å². The second-order valence-corrected chi connectivity index (χ2v) is 7.56. The Bertz CT molecular complexity index is 1290. The number of rotatable bonds is 6. The lowest BCUT2D eigenvalue weighted by Crippen LogP contribution is -2.18. The van der Waals surface area contributed by atoms with Gasteiger partial charge in [0.1, 0.15) is 5.82 Å². The molecule has 0 saturated carbocycles. The minimum Gasteiger partial charge on any atom is -0.403 e. The van der Waals surface area contributed by atoms with E-state index >= 15 is 4.39 Å². The molecule has 0 unspecified atom stereocenters. The van der Waals surface area contributed by atoms with E-state index in [0.29, 0.717) is 27.7 Å². The van der Waals surface area contributed by atoms with Gasteiger partial charge < -0.3 is 4.74 Å². The van der Waals surface area contributed by atoms with Gasteiger partial charge in [-0.3, -0.25) is 0 Å². The molecule has 0 N–H and O–H groups in total. The molecule has 0 aliphatic carbocycles. The van der Waals surface area contributed by atoms with Gasteiger partial charge in [-0.1, -0.05) is 37.3 Å². The van der Waals surface area contributed by atoms with Crippen molar-refractivity contribution in [2.45, 2.75) is 32.5 Å². The van der Waals surface area contributed by atoms with Gasteiger partial charge in [0.25, 0.3) is 0 Å². The molecule has 0 aliphatic rings. The van der Waals surface area contributed by atoms with E-state index < -0.39 is 23.7 Å². The summed E-state index contributed by atoms with van der Waals surface area (Å²) in [5.74, 6) is -1.85. The van der Waals surface area contributed by atoms with Gasteiger partial charge in [-0.05, 0) is 59.5 Å². The highest BCUT2D eigenvalue weighted by Gasteiger charge is 2.32. The largest absolute Gasteiger partial charge is 0.573 e. The molecular weight excluding hydrogens is 439 g/mol. The summed E-state index contributed by atoms with van der Waals surface area (Å²) in [7, 11) is 0. The zero-order chi connectivity index (χ0) is 23.6. The van der Waals surface area contributed by atoms with E-state index in [1.165, 1.54) is 6.07 Å². The van der Waals surface area contributed by atoms with Crippen molar-refractivity contribution >= 4 is 10.8 Å². The highest BCUT2D eigenvalue weighted by atomic mass is 19.4. The standard InChI is InChI=1S/C25H19F5N2O/c1-2-15-13-31-24(32-14-15)19-8-9-20-18(12-19)7-6-17(23(20)27)5-3-16-4-10-22(21(26)11-16)33-25(28,29)30/h4,6-14H,2-3,5H2,1H3. The number of nitrogens with zero attached hydrogens (tertiary/aromatic N) is 2. The third-order valence-corrected chi connectivity index (χ3v) is 5.31. The van der Waals surface area contributed by atoms with Crippen molar-refractivity contribution in [3.63, 3.8) is 0 Å². The molecule has 0 fully saturated rings. The summed E-state index contributed by atoms with van der Waals surface area (Å²) in [5, 5.41) is 1.12. The van der Waals surface area contributed by atoms with Gasteiger partial charge in [0, 0.05) is 23.3 Å². The van der Waals surface area contributed by atoms with Gasteiger partial charge in [0.2, 0.25) is 0 Å². The number of hydrogen-bond acceptors (Lipinski definition) is 3. The van der Waals surface area contributed by atoms with Crippen LogP contribution < -0.4 is 4.74 Å². The Balaban J connectivity index is 1.52. The van der Waals surface area contributed by atoms with Crippen LogP contribution in [0.5, 0.6) is 5.75 Å². The Morgan fingerprint density at radius 2 is 1.61 bits per heavy atom. The molecule has 0 saturated heterocycles. The van der Waals surface area contributed by atoms with Gasteiger partial charge in [-0.25, -0.2) is 18.7 Å². The van der Waals surface area contributed by atoms with Crippen LogP contribution in [0.1, 0.15) is 23.6 Å². The monoisotopic (exact) mass is 458 g/mol. The van der Waals surface area contributed by atoms with Crippen molar-refractivity contribution in [2.24, 2.45) is 0 Å². The normalized spacial score (nSPS) is 11.7. The van der Waals surface area contributed by atoms with E-state index in [1.54, 1.807) is 36.7 Å². The van der Waals surface area contributed by atoms with Crippen molar-refractivity contribution in [3.05, 3.63) is 89.2 Å². The molecule has 170 valence electrons. The number of ether oxygens (including phenoxy) is 1. The minimum atomic E-state index is -4.97. The van der Waals surface area contributed by atoms with Crippen molar-refractivity contribution in [1.82, 2.24) is 9.97 Å². The fourth-order valence-corrected chi connectivity index (χ4v) is 3.54. The van der Waals surface area contributed by atoms with Crippen LogP contribution in [0.15, 0.2) is 60.9 Å². The Morgan fingerprint density at radius 3 is 2.27 bits per heavy atom.